The van der Waals surface area contributed by atoms with Crippen LogP contribution in [0.4, 0.5) is 0 Å². The molecular weight excluding hydrogens is 300 g/mol. The monoisotopic (exact) mass is 316 g/mol. The van der Waals surface area contributed by atoms with Gasteiger partial charge in [0.1, 0.15) is 11.5 Å². The van der Waals surface area contributed by atoms with Crippen LogP contribution in [0.2, 0.25) is 0 Å². The molecule has 0 spiro atoms. The average Bonchev–Trinajstić information content (AvgIpc) is 2.86. The summed E-state index contributed by atoms with van der Waals surface area (Å²) in [4.78, 5) is 0. The SMILES string of the molecule is Cc1cc(Oc2ccc3c(c2)CCC3)ccc1CBr. The van der Waals surface area contributed by atoms with Crippen LogP contribution >= 0.6 is 15.9 Å². The number of hydrogen-bond acceptors (Lipinski definition) is 1. The fraction of sp³-hybridized carbons (Fsp3) is 0.294. The predicted octanol–water partition coefficient (Wildman–Crippen LogP) is 5.17. The molecule has 1 aliphatic carbocycles. The Morgan fingerprint density at radius 2 is 1.74 bits per heavy atom. The van der Waals surface area contributed by atoms with E-state index >= 15 is 0 Å². The molecule has 2 aromatic rings. The minimum Gasteiger partial charge on any atom is -0.457 e. The molecule has 0 atom stereocenters. The third-order valence-corrected chi connectivity index (χ3v) is 4.37. The molecule has 0 fully saturated rings. The molecule has 0 saturated carbocycles. The van der Waals surface area contributed by atoms with Crippen LogP contribution in [0.3, 0.4) is 0 Å². The molecule has 98 valence electrons. The predicted molar refractivity (Wildman–Crippen MR) is 82.4 cm³/mol. The second kappa shape index (κ2) is 5.38. The molecule has 0 bridgehead atoms. The van der Waals surface area contributed by atoms with Gasteiger partial charge in [0.2, 0.25) is 0 Å². The summed E-state index contributed by atoms with van der Waals surface area (Å²) in [5.74, 6) is 1.87. The van der Waals surface area contributed by atoms with E-state index in [1.165, 1.54) is 41.5 Å². The summed E-state index contributed by atoms with van der Waals surface area (Å²) in [7, 11) is 0. The van der Waals surface area contributed by atoms with Crippen molar-refractivity contribution in [3.05, 3.63) is 58.7 Å². The Bertz CT molecular complexity index is 604. The van der Waals surface area contributed by atoms with Gasteiger partial charge in [-0.2, -0.15) is 0 Å². The Morgan fingerprint density at radius 3 is 2.53 bits per heavy atom. The highest BCUT2D eigenvalue weighted by atomic mass is 79.9. The van der Waals surface area contributed by atoms with Gasteiger partial charge >= 0.3 is 0 Å². The van der Waals surface area contributed by atoms with Crippen molar-refractivity contribution in [2.75, 3.05) is 0 Å². The van der Waals surface area contributed by atoms with Gasteiger partial charge in [0.05, 0.1) is 0 Å². The Kier molecular flexibility index (Phi) is 3.61. The van der Waals surface area contributed by atoms with E-state index in [2.05, 4.69) is 53.2 Å². The van der Waals surface area contributed by atoms with Crippen molar-refractivity contribution in [3.8, 4) is 11.5 Å². The first-order valence-electron chi connectivity index (χ1n) is 6.71. The lowest BCUT2D eigenvalue weighted by Gasteiger charge is -2.10. The van der Waals surface area contributed by atoms with Gasteiger partial charge in [0.15, 0.2) is 0 Å². The molecule has 1 aliphatic rings. The van der Waals surface area contributed by atoms with Crippen molar-refractivity contribution in [1.82, 2.24) is 0 Å². The molecule has 0 N–H and O–H groups in total. The summed E-state index contributed by atoms with van der Waals surface area (Å²) in [5, 5.41) is 0.887. The lowest BCUT2D eigenvalue weighted by Crippen LogP contribution is -1.90. The molecule has 19 heavy (non-hydrogen) atoms. The van der Waals surface area contributed by atoms with Crippen LogP contribution in [0.1, 0.15) is 28.7 Å². The normalized spacial score (nSPS) is 13.4. The van der Waals surface area contributed by atoms with E-state index < -0.39 is 0 Å². The van der Waals surface area contributed by atoms with E-state index in [4.69, 9.17) is 4.74 Å². The van der Waals surface area contributed by atoms with Crippen LogP contribution in [-0.4, -0.2) is 0 Å². The standard InChI is InChI=1S/C17H17BrO/c1-12-9-16(8-6-15(12)11-18)19-17-7-5-13-3-2-4-14(13)10-17/h5-10H,2-4,11H2,1H3. The Balaban J connectivity index is 1.83. The minimum atomic E-state index is 0.887. The summed E-state index contributed by atoms with van der Waals surface area (Å²) in [6, 6.07) is 12.7. The number of rotatable bonds is 3. The highest BCUT2D eigenvalue weighted by Gasteiger charge is 2.11. The van der Waals surface area contributed by atoms with Crippen LogP contribution in [-0.2, 0) is 18.2 Å². The molecule has 1 nitrogen and oxygen atoms in total. The van der Waals surface area contributed by atoms with Crippen molar-refractivity contribution < 1.29 is 4.74 Å². The van der Waals surface area contributed by atoms with Crippen LogP contribution in [0.5, 0.6) is 11.5 Å². The van der Waals surface area contributed by atoms with Crippen LogP contribution in [0.15, 0.2) is 36.4 Å². The number of alkyl halides is 1. The average molecular weight is 317 g/mol. The lowest BCUT2D eigenvalue weighted by molar-refractivity contribution is 0.481. The highest BCUT2D eigenvalue weighted by molar-refractivity contribution is 9.08. The zero-order chi connectivity index (χ0) is 13.2. The van der Waals surface area contributed by atoms with Crippen molar-refractivity contribution in [2.45, 2.75) is 31.5 Å². The molecule has 3 rings (SSSR count). The van der Waals surface area contributed by atoms with E-state index in [0.717, 1.165) is 16.8 Å². The first-order chi connectivity index (χ1) is 9.26. The van der Waals surface area contributed by atoms with Gasteiger partial charge in [0, 0.05) is 5.33 Å². The molecule has 2 heteroatoms. The summed E-state index contributed by atoms with van der Waals surface area (Å²) in [6.07, 6.45) is 3.68. The van der Waals surface area contributed by atoms with Gasteiger partial charge in [-0.05, 0) is 72.7 Å². The molecule has 0 radical (unpaired) electrons. The zero-order valence-corrected chi connectivity index (χ0v) is 12.7. The highest BCUT2D eigenvalue weighted by Crippen LogP contribution is 2.29. The Morgan fingerprint density at radius 1 is 1.00 bits per heavy atom. The van der Waals surface area contributed by atoms with Crippen LogP contribution in [0, 0.1) is 6.92 Å². The molecular formula is C17H17BrO. The number of ether oxygens (including phenoxy) is 1. The first-order valence-corrected chi connectivity index (χ1v) is 7.83. The van der Waals surface area contributed by atoms with Gasteiger partial charge in [-0.25, -0.2) is 0 Å². The second-order valence-corrected chi connectivity index (χ2v) is 5.67. The maximum atomic E-state index is 5.97. The van der Waals surface area contributed by atoms with Gasteiger partial charge in [-0.15, -0.1) is 0 Å². The maximum Gasteiger partial charge on any atom is 0.127 e. The zero-order valence-electron chi connectivity index (χ0n) is 11.1. The quantitative estimate of drug-likeness (QED) is 0.710. The number of fused-ring (bicyclic) bond motifs is 1. The number of aryl methyl sites for hydroxylation is 3. The number of hydrogen-bond donors (Lipinski definition) is 0. The van der Waals surface area contributed by atoms with E-state index in [-0.39, 0.29) is 0 Å². The Labute approximate surface area is 122 Å². The maximum absolute atomic E-state index is 5.97. The van der Waals surface area contributed by atoms with Crippen LogP contribution < -0.4 is 4.74 Å². The molecule has 2 aromatic carbocycles. The number of benzene rings is 2. The minimum absolute atomic E-state index is 0.887. The second-order valence-electron chi connectivity index (χ2n) is 5.11. The molecule has 0 amide bonds. The van der Waals surface area contributed by atoms with E-state index in [1.54, 1.807) is 0 Å². The fourth-order valence-electron chi connectivity index (χ4n) is 2.63. The van der Waals surface area contributed by atoms with Gasteiger partial charge in [-0.3, -0.25) is 0 Å². The fourth-order valence-corrected chi connectivity index (χ4v) is 3.26. The lowest BCUT2D eigenvalue weighted by atomic mass is 10.1. The van der Waals surface area contributed by atoms with Crippen molar-refractivity contribution in [1.29, 1.82) is 0 Å². The topological polar surface area (TPSA) is 9.23 Å². The van der Waals surface area contributed by atoms with Crippen molar-refractivity contribution >= 4 is 15.9 Å². The summed E-state index contributed by atoms with van der Waals surface area (Å²) in [6.45, 7) is 2.12. The molecule has 0 aromatic heterocycles. The molecule has 0 heterocycles. The summed E-state index contributed by atoms with van der Waals surface area (Å²) < 4.78 is 5.97. The third-order valence-electron chi connectivity index (χ3n) is 3.76. The van der Waals surface area contributed by atoms with Gasteiger partial charge < -0.3 is 4.74 Å². The van der Waals surface area contributed by atoms with Crippen molar-refractivity contribution in [2.24, 2.45) is 0 Å². The third kappa shape index (κ3) is 2.69. The van der Waals surface area contributed by atoms with E-state index in [9.17, 15) is 0 Å². The smallest absolute Gasteiger partial charge is 0.127 e. The van der Waals surface area contributed by atoms with E-state index in [1.807, 2.05) is 6.07 Å². The number of halogens is 1. The first kappa shape index (κ1) is 12.7. The summed E-state index contributed by atoms with van der Waals surface area (Å²) in [5.41, 5.74) is 5.50. The molecule has 0 unspecified atom stereocenters. The Hall–Kier alpha value is -1.28. The van der Waals surface area contributed by atoms with Gasteiger partial charge in [-0.1, -0.05) is 28.1 Å². The molecule has 0 saturated heterocycles. The largest absolute Gasteiger partial charge is 0.457 e. The summed E-state index contributed by atoms with van der Waals surface area (Å²) >= 11 is 3.49. The van der Waals surface area contributed by atoms with Crippen molar-refractivity contribution in [3.63, 3.8) is 0 Å². The molecule has 0 aliphatic heterocycles. The van der Waals surface area contributed by atoms with Crippen LogP contribution in [0.25, 0.3) is 0 Å². The van der Waals surface area contributed by atoms with E-state index in [0.29, 0.717) is 0 Å². The van der Waals surface area contributed by atoms with Gasteiger partial charge in [0.25, 0.3) is 0 Å².